The van der Waals surface area contributed by atoms with Gasteiger partial charge in [-0.05, 0) is 22.9 Å². The zero-order valence-corrected chi connectivity index (χ0v) is 11.1. The Bertz CT molecular complexity index is 747. The predicted octanol–water partition coefficient (Wildman–Crippen LogP) is 3.80. The Labute approximate surface area is 112 Å². The molecular formula is C16H17N3. The van der Waals surface area contributed by atoms with E-state index in [1.807, 2.05) is 12.1 Å². The van der Waals surface area contributed by atoms with Gasteiger partial charge in [-0.1, -0.05) is 50.2 Å². The third kappa shape index (κ3) is 1.92. The smallest absolute Gasteiger partial charge is 0.144 e. The minimum atomic E-state index is 0.384. The van der Waals surface area contributed by atoms with Crippen molar-refractivity contribution in [3.05, 3.63) is 48.0 Å². The third-order valence-electron chi connectivity index (χ3n) is 3.50. The number of hydrogen-bond acceptors (Lipinski definition) is 3. The van der Waals surface area contributed by atoms with Crippen LogP contribution in [0.3, 0.4) is 0 Å². The van der Waals surface area contributed by atoms with E-state index in [0.717, 1.165) is 27.7 Å². The van der Waals surface area contributed by atoms with Crippen molar-refractivity contribution in [3.8, 4) is 0 Å². The summed E-state index contributed by atoms with van der Waals surface area (Å²) in [6, 6.07) is 14.7. The Hall–Kier alpha value is -2.13. The Morgan fingerprint density at radius 1 is 1.05 bits per heavy atom. The number of hydrogen-bond donors (Lipinski definition) is 2. The molecular weight excluding hydrogens is 234 g/mol. The van der Waals surface area contributed by atoms with Crippen molar-refractivity contribution < 1.29 is 0 Å². The van der Waals surface area contributed by atoms with E-state index in [0.29, 0.717) is 5.92 Å². The van der Waals surface area contributed by atoms with Gasteiger partial charge in [0.15, 0.2) is 0 Å². The molecule has 0 spiro atoms. The lowest BCUT2D eigenvalue weighted by Gasteiger charge is -2.13. The van der Waals surface area contributed by atoms with Gasteiger partial charge in [0.1, 0.15) is 5.82 Å². The number of nitrogens with two attached hydrogens (primary N) is 1. The Balaban J connectivity index is 2.41. The van der Waals surface area contributed by atoms with Gasteiger partial charge in [0.05, 0.1) is 5.52 Å². The van der Waals surface area contributed by atoms with Crippen molar-refractivity contribution in [2.75, 3.05) is 5.43 Å². The van der Waals surface area contributed by atoms with Crippen LogP contribution in [0.25, 0.3) is 21.7 Å². The summed E-state index contributed by atoms with van der Waals surface area (Å²) >= 11 is 0. The first-order valence-corrected chi connectivity index (χ1v) is 6.49. The molecule has 0 bridgehead atoms. The summed E-state index contributed by atoms with van der Waals surface area (Å²) < 4.78 is 0. The van der Waals surface area contributed by atoms with Crippen LogP contribution in [0.2, 0.25) is 0 Å². The highest BCUT2D eigenvalue weighted by Gasteiger charge is 2.10. The molecule has 0 aliphatic carbocycles. The summed E-state index contributed by atoms with van der Waals surface area (Å²) in [6.45, 7) is 4.29. The van der Waals surface area contributed by atoms with Crippen LogP contribution in [0.15, 0.2) is 42.5 Å². The molecule has 0 saturated carbocycles. The molecule has 3 rings (SSSR count). The first kappa shape index (κ1) is 11.9. The Morgan fingerprint density at radius 2 is 1.79 bits per heavy atom. The van der Waals surface area contributed by atoms with Gasteiger partial charge in [0.2, 0.25) is 0 Å². The first-order chi connectivity index (χ1) is 9.20. The molecule has 0 aliphatic heterocycles. The van der Waals surface area contributed by atoms with E-state index in [-0.39, 0.29) is 0 Å². The van der Waals surface area contributed by atoms with Crippen LogP contribution in [0.1, 0.15) is 25.3 Å². The number of nitrogens with one attached hydrogen (secondary N) is 1. The van der Waals surface area contributed by atoms with Crippen LogP contribution >= 0.6 is 0 Å². The van der Waals surface area contributed by atoms with Gasteiger partial charge in [-0.15, -0.1) is 0 Å². The molecule has 0 aliphatic rings. The molecule has 1 aromatic heterocycles. The Morgan fingerprint density at radius 3 is 2.53 bits per heavy atom. The SMILES string of the molecule is CC(C)c1cc2ccc3ccccc3c2nc1NN. The van der Waals surface area contributed by atoms with Gasteiger partial charge in [-0.2, -0.15) is 0 Å². The topological polar surface area (TPSA) is 50.9 Å². The second-order valence-electron chi connectivity index (χ2n) is 5.08. The third-order valence-corrected chi connectivity index (χ3v) is 3.50. The highest BCUT2D eigenvalue weighted by Crippen LogP contribution is 2.30. The molecule has 1 heterocycles. The molecule has 0 atom stereocenters. The van der Waals surface area contributed by atoms with Gasteiger partial charge < -0.3 is 5.43 Å². The normalized spacial score (nSPS) is 11.4. The molecule has 3 N–H and O–H groups in total. The zero-order valence-electron chi connectivity index (χ0n) is 11.1. The van der Waals surface area contributed by atoms with Crippen LogP contribution in [-0.2, 0) is 0 Å². The second kappa shape index (κ2) is 4.52. The van der Waals surface area contributed by atoms with Gasteiger partial charge in [0, 0.05) is 10.8 Å². The monoisotopic (exact) mass is 251 g/mol. The standard InChI is InChI=1S/C16H17N3/c1-10(2)14-9-12-8-7-11-5-3-4-6-13(11)15(12)18-16(14)19-17/h3-10H,17H2,1-2H3,(H,18,19). The maximum atomic E-state index is 5.61. The number of anilines is 1. The first-order valence-electron chi connectivity index (χ1n) is 6.49. The molecule has 96 valence electrons. The fourth-order valence-corrected chi connectivity index (χ4v) is 2.48. The predicted molar refractivity (Wildman–Crippen MR) is 81.1 cm³/mol. The van der Waals surface area contributed by atoms with Crippen molar-refractivity contribution in [1.82, 2.24) is 4.98 Å². The number of nitrogen functional groups attached to an aromatic ring is 1. The lowest BCUT2D eigenvalue weighted by molar-refractivity contribution is 0.862. The number of hydrazine groups is 1. The average molecular weight is 251 g/mol. The van der Waals surface area contributed by atoms with Crippen LogP contribution in [-0.4, -0.2) is 4.98 Å². The van der Waals surface area contributed by atoms with Crippen molar-refractivity contribution in [1.29, 1.82) is 0 Å². The maximum absolute atomic E-state index is 5.61. The van der Waals surface area contributed by atoms with Crippen molar-refractivity contribution in [3.63, 3.8) is 0 Å². The molecule has 3 heteroatoms. The summed E-state index contributed by atoms with van der Waals surface area (Å²) in [5.74, 6) is 6.76. The van der Waals surface area contributed by atoms with E-state index < -0.39 is 0 Å². The fraction of sp³-hybridized carbons (Fsp3) is 0.188. The van der Waals surface area contributed by atoms with E-state index >= 15 is 0 Å². The molecule has 0 fully saturated rings. The number of nitrogens with zero attached hydrogens (tertiary/aromatic N) is 1. The summed E-state index contributed by atoms with van der Waals surface area (Å²) in [5, 5.41) is 3.51. The minimum Gasteiger partial charge on any atom is -0.308 e. The maximum Gasteiger partial charge on any atom is 0.144 e. The van der Waals surface area contributed by atoms with E-state index in [9.17, 15) is 0 Å². The van der Waals surface area contributed by atoms with Crippen LogP contribution in [0, 0.1) is 0 Å². The molecule has 3 aromatic rings. The largest absolute Gasteiger partial charge is 0.308 e. The summed E-state index contributed by atoms with van der Waals surface area (Å²) in [6.07, 6.45) is 0. The second-order valence-corrected chi connectivity index (χ2v) is 5.08. The van der Waals surface area contributed by atoms with Gasteiger partial charge in [0.25, 0.3) is 0 Å². The van der Waals surface area contributed by atoms with Crippen LogP contribution in [0.5, 0.6) is 0 Å². The number of benzene rings is 2. The molecule has 19 heavy (non-hydrogen) atoms. The minimum absolute atomic E-state index is 0.384. The average Bonchev–Trinajstić information content (AvgIpc) is 2.45. The molecule has 3 nitrogen and oxygen atoms in total. The lowest BCUT2D eigenvalue weighted by atomic mass is 9.99. The highest BCUT2D eigenvalue weighted by atomic mass is 15.2. The molecule has 2 aromatic carbocycles. The fourth-order valence-electron chi connectivity index (χ4n) is 2.48. The Kier molecular flexibility index (Phi) is 2.84. The summed E-state index contributed by atoms with van der Waals surface area (Å²) in [7, 11) is 0. The molecule has 0 radical (unpaired) electrons. The van der Waals surface area contributed by atoms with Crippen molar-refractivity contribution in [2.45, 2.75) is 19.8 Å². The summed E-state index contributed by atoms with van der Waals surface area (Å²) in [4.78, 5) is 4.71. The van der Waals surface area contributed by atoms with Gasteiger partial charge >= 0.3 is 0 Å². The van der Waals surface area contributed by atoms with Crippen molar-refractivity contribution in [2.24, 2.45) is 5.84 Å². The van der Waals surface area contributed by atoms with E-state index in [4.69, 9.17) is 10.8 Å². The molecule has 0 amide bonds. The van der Waals surface area contributed by atoms with E-state index in [1.165, 1.54) is 5.39 Å². The summed E-state index contributed by atoms with van der Waals surface area (Å²) in [5.41, 5.74) is 4.86. The quantitative estimate of drug-likeness (QED) is 0.414. The van der Waals surface area contributed by atoms with Crippen LogP contribution in [0.4, 0.5) is 5.82 Å². The number of aromatic nitrogens is 1. The number of pyridine rings is 1. The highest BCUT2D eigenvalue weighted by molar-refractivity contribution is 6.05. The van der Waals surface area contributed by atoms with Gasteiger partial charge in [-0.3, -0.25) is 0 Å². The number of fused-ring (bicyclic) bond motifs is 3. The van der Waals surface area contributed by atoms with E-state index in [1.54, 1.807) is 0 Å². The molecule has 0 unspecified atom stereocenters. The number of rotatable bonds is 2. The van der Waals surface area contributed by atoms with E-state index in [2.05, 4.69) is 49.6 Å². The van der Waals surface area contributed by atoms with Crippen molar-refractivity contribution >= 4 is 27.5 Å². The van der Waals surface area contributed by atoms with Gasteiger partial charge in [-0.25, -0.2) is 10.8 Å². The molecule has 0 saturated heterocycles. The zero-order chi connectivity index (χ0) is 13.4. The lowest BCUT2D eigenvalue weighted by Crippen LogP contribution is -2.12. The van der Waals surface area contributed by atoms with Crippen LogP contribution < -0.4 is 11.3 Å².